The summed E-state index contributed by atoms with van der Waals surface area (Å²) in [6.45, 7) is 2.93. The second-order valence-corrected chi connectivity index (χ2v) is 5.90. The third-order valence-corrected chi connectivity index (χ3v) is 3.41. The zero-order chi connectivity index (χ0) is 18.6. The highest BCUT2D eigenvalue weighted by atomic mass is 35.5. The topological polar surface area (TPSA) is 57.4 Å². The van der Waals surface area contributed by atoms with Crippen molar-refractivity contribution in [2.24, 2.45) is 0 Å². The van der Waals surface area contributed by atoms with E-state index in [4.69, 9.17) is 25.5 Å². The number of aromatic nitrogens is 2. The van der Waals surface area contributed by atoms with E-state index in [0.29, 0.717) is 30.9 Å². The molecule has 0 amide bonds. The van der Waals surface area contributed by atoms with Crippen molar-refractivity contribution in [2.75, 3.05) is 24.8 Å². The van der Waals surface area contributed by atoms with E-state index in [0.717, 1.165) is 22.8 Å². The van der Waals surface area contributed by atoms with E-state index in [1.54, 1.807) is 6.92 Å². The third kappa shape index (κ3) is 6.98. The molecule has 3 rings (SSSR count). The maximum absolute atomic E-state index is 5.52. The smallest absolute Gasteiger partial charge is 0.247 e. The highest BCUT2D eigenvalue weighted by Gasteiger charge is 2.05. The summed E-state index contributed by atoms with van der Waals surface area (Å²) in [6.07, 6.45) is 0. The van der Waals surface area contributed by atoms with Crippen LogP contribution >= 0.6 is 24.2 Å². The Kier molecular flexibility index (Phi) is 8.86. The summed E-state index contributed by atoms with van der Waals surface area (Å²) in [4.78, 5) is 0. The van der Waals surface area contributed by atoms with Crippen LogP contribution < -0.4 is 9.47 Å². The Bertz CT molecular complexity index is 751. The monoisotopic (exact) mass is 392 g/mol. The van der Waals surface area contributed by atoms with Gasteiger partial charge in [-0.1, -0.05) is 18.2 Å². The minimum absolute atomic E-state index is 0.477. The van der Waals surface area contributed by atoms with E-state index in [9.17, 15) is 0 Å². The SMILES string of the molecule is Cc1nnc(-c2ccc(OCCCl)cc2)o1.SCCOc1ccccc1. The van der Waals surface area contributed by atoms with Crippen LogP contribution in [-0.4, -0.2) is 35.0 Å². The Morgan fingerprint density at radius 3 is 2.15 bits per heavy atom. The number of para-hydroxylation sites is 1. The van der Waals surface area contributed by atoms with Crippen LogP contribution in [0.2, 0.25) is 0 Å². The van der Waals surface area contributed by atoms with Crippen molar-refractivity contribution in [3.8, 4) is 23.0 Å². The second kappa shape index (κ2) is 11.4. The molecule has 0 unspecified atom stereocenters. The molecule has 5 nitrogen and oxygen atoms in total. The van der Waals surface area contributed by atoms with Crippen LogP contribution in [0.5, 0.6) is 11.5 Å². The molecule has 0 aliphatic rings. The lowest BCUT2D eigenvalue weighted by Crippen LogP contribution is -1.97. The van der Waals surface area contributed by atoms with E-state index < -0.39 is 0 Å². The number of benzene rings is 2. The van der Waals surface area contributed by atoms with Gasteiger partial charge in [-0.15, -0.1) is 21.8 Å². The third-order valence-electron chi connectivity index (χ3n) is 3.08. The number of thiol groups is 1. The molecule has 0 saturated carbocycles. The average molecular weight is 393 g/mol. The number of aryl methyl sites for hydroxylation is 1. The van der Waals surface area contributed by atoms with Crippen LogP contribution in [-0.2, 0) is 0 Å². The summed E-state index contributed by atoms with van der Waals surface area (Å²) < 4.78 is 15.9. The Balaban J connectivity index is 0.000000209. The number of ether oxygens (including phenoxy) is 2. The molecule has 0 saturated heterocycles. The van der Waals surface area contributed by atoms with Gasteiger partial charge < -0.3 is 13.9 Å². The Morgan fingerprint density at radius 2 is 1.58 bits per heavy atom. The van der Waals surface area contributed by atoms with E-state index >= 15 is 0 Å². The molecule has 0 aliphatic carbocycles. The van der Waals surface area contributed by atoms with Crippen LogP contribution in [0.15, 0.2) is 59.0 Å². The fourth-order valence-corrected chi connectivity index (χ4v) is 2.11. The van der Waals surface area contributed by atoms with Crippen LogP contribution in [0.25, 0.3) is 11.5 Å². The molecule has 0 N–H and O–H groups in total. The van der Waals surface area contributed by atoms with Gasteiger partial charge in [0.2, 0.25) is 11.8 Å². The zero-order valence-corrected chi connectivity index (χ0v) is 16.1. The van der Waals surface area contributed by atoms with Gasteiger partial charge >= 0.3 is 0 Å². The van der Waals surface area contributed by atoms with Crippen molar-refractivity contribution in [2.45, 2.75) is 6.92 Å². The van der Waals surface area contributed by atoms with Crippen LogP contribution in [0, 0.1) is 6.92 Å². The van der Waals surface area contributed by atoms with E-state index in [2.05, 4.69) is 22.8 Å². The van der Waals surface area contributed by atoms with Gasteiger partial charge in [0, 0.05) is 18.2 Å². The summed E-state index contributed by atoms with van der Waals surface area (Å²) in [6, 6.07) is 17.2. The van der Waals surface area contributed by atoms with Gasteiger partial charge in [0.25, 0.3) is 0 Å². The number of halogens is 1. The number of rotatable bonds is 7. The molecule has 0 spiro atoms. The van der Waals surface area contributed by atoms with Gasteiger partial charge in [0.05, 0.1) is 12.5 Å². The minimum atomic E-state index is 0.477. The van der Waals surface area contributed by atoms with Gasteiger partial charge in [0.15, 0.2) is 0 Å². The summed E-state index contributed by atoms with van der Waals surface area (Å²) >= 11 is 9.55. The molecule has 2 aromatic carbocycles. The number of nitrogens with zero attached hydrogens (tertiary/aromatic N) is 2. The average Bonchev–Trinajstić information content (AvgIpc) is 3.13. The summed E-state index contributed by atoms with van der Waals surface area (Å²) in [5.41, 5.74) is 0.874. The summed E-state index contributed by atoms with van der Waals surface area (Å²) in [7, 11) is 0. The molecule has 7 heteroatoms. The summed E-state index contributed by atoms with van der Waals surface area (Å²) in [5.74, 6) is 4.00. The number of hydrogen-bond donors (Lipinski definition) is 1. The van der Waals surface area contributed by atoms with Crippen molar-refractivity contribution in [1.82, 2.24) is 10.2 Å². The Labute approximate surface area is 163 Å². The molecule has 1 aromatic heterocycles. The van der Waals surface area contributed by atoms with Crippen molar-refractivity contribution < 1.29 is 13.9 Å². The highest BCUT2D eigenvalue weighted by Crippen LogP contribution is 2.21. The molecule has 0 fully saturated rings. The predicted molar refractivity (Wildman–Crippen MR) is 106 cm³/mol. The molecule has 0 radical (unpaired) electrons. The lowest BCUT2D eigenvalue weighted by Gasteiger charge is -2.03. The van der Waals surface area contributed by atoms with Gasteiger partial charge in [0.1, 0.15) is 18.1 Å². The van der Waals surface area contributed by atoms with Gasteiger partial charge in [-0.25, -0.2) is 0 Å². The van der Waals surface area contributed by atoms with E-state index in [1.165, 1.54) is 0 Å². The lowest BCUT2D eigenvalue weighted by molar-refractivity contribution is 0.343. The predicted octanol–water partition coefficient (Wildman–Crippen LogP) is 4.66. The fourth-order valence-electron chi connectivity index (χ4n) is 1.94. The minimum Gasteiger partial charge on any atom is -0.493 e. The van der Waals surface area contributed by atoms with Crippen molar-refractivity contribution in [1.29, 1.82) is 0 Å². The first-order valence-corrected chi connectivity index (χ1v) is 9.27. The van der Waals surface area contributed by atoms with Crippen LogP contribution in [0.1, 0.15) is 5.89 Å². The second-order valence-electron chi connectivity index (χ2n) is 5.07. The normalized spacial score (nSPS) is 9.96. The largest absolute Gasteiger partial charge is 0.493 e. The Morgan fingerprint density at radius 1 is 0.923 bits per heavy atom. The molecule has 138 valence electrons. The quantitative estimate of drug-likeness (QED) is 0.468. The molecule has 0 aliphatic heterocycles. The molecule has 0 atom stereocenters. The van der Waals surface area contributed by atoms with Gasteiger partial charge in [-0.2, -0.15) is 12.6 Å². The first-order valence-electron chi connectivity index (χ1n) is 8.11. The van der Waals surface area contributed by atoms with Crippen molar-refractivity contribution >= 4 is 24.2 Å². The Hall–Kier alpha value is -2.18. The molecule has 3 aromatic rings. The lowest BCUT2D eigenvalue weighted by atomic mass is 10.2. The van der Waals surface area contributed by atoms with E-state index in [-0.39, 0.29) is 0 Å². The molecular formula is C19H21ClN2O3S. The van der Waals surface area contributed by atoms with Crippen molar-refractivity contribution in [3.63, 3.8) is 0 Å². The van der Waals surface area contributed by atoms with Crippen molar-refractivity contribution in [3.05, 3.63) is 60.5 Å². The molecule has 0 bridgehead atoms. The first-order chi connectivity index (χ1) is 12.7. The van der Waals surface area contributed by atoms with Gasteiger partial charge in [-0.05, 0) is 36.4 Å². The zero-order valence-electron chi connectivity index (χ0n) is 14.5. The van der Waals surface area contributed by atoms with E-state index in [1.807, 2.05) is 54.6 Å². The standard InChI is InChI=1S/C11H11ClN2O2.C8H10OS/c1-8-13-14-11(16-8)9-2-4-10(5-3-9)15-7-6-12;10-7-6-9-8-4-2-1-3-5-8/h2-5H,6-7H2,1H3;1-5,10H,6-7H2. The van der Waals surface area contributed by atoms with Gasteiger partial charge in [-0.3, -0.25) is 0 Å². The summed E-state index contributed by atoms with van der Waals surface area (Å²) in [5, 5.41) is 7.70. The number of hydrogen-bond acceptors (Lipinski definition) is 6. The maximum Gasteiger partial charge on any atom is 0.247 e. The first kappa shape index (κ1) is 20.1. The maximum atomic E-state index is 5.52. The molecule has 26 heavy (non-hydrogen) atoms. The molecule has 1 heterocycles. The fraction of sp³-hybridized carbons (Fsp3) is 0.263. The van der Waals surface area contributed by atoms with Crippen LogP contribution in [0.3, 0.4) is 0 Å². The number of alkyl halides is 1. The molecular weight excluding hydrogens is 372 g/mol. The van der Waals surface area contributed by atoms with Crippen LogP contribution in [0.4, 0.5) is 0 Å². The highest BCUT2D eigenvalue weighted by molar-refractivity contribution is 7.80.